The van der Waals surface area contributed by atoms with Crippen LogP contribution in [0, 0.1) is 0 Å². The lowest BCUT2D eigenvalue weighted by Crippen LogP contribution is -2.31. The molecule has 0 radical (unpaired) electrons. The molecular formula is C22H20N4O3S. The lowest BCUT2D eigenvalue weighted by Gasteiger charge is -2.13. The van der Waals surface area contributed by atoms with E-state index in [0.717, 1.165) is 22.2 Å². The van der Waals surface area contributed by atoms with E-state index in [4.69, 9.17) is 0 Å². The third-order valence-corrected chi connectivity index (χ3v) is 6.07. The van der Waals surface area contributed by atoms with Gasteiger partial charge in [0.2, 0.25) is 5.91 Å². The van der Waals surface area contributed by atoms with E-state index in [0.29, 0.717) is 12.1 Å². The molecule has 0 atom stereocenters. The molecule has 0 aliphatic carbocycles. The summed E-state index contributed by atoms with van der Waals surface area (Å²) < 4.78 is 27.8. The predicted octanol–water partition coefficient (Wildman–Crippen LogP) is 3.74. The van der Waals surface area contributed by atoms with Crippen LogP contribution < -0.4 is 10.0 Å². The first-order valence-electron chi connectivity index (χ1n) is 9.40. The predicted molar refractivity (Wildman–Crippen MR) is 116 cm³/mol. The summed E-state index contributed by atoms with van der Waals surface area (Å²) in [5, 5.41) is 4.07. The van der Waals surface area contributed by atoms with E-state index in [9.17, 15) is 13.2 Å². The van der Waals surface area contributed by atoms with Gasteiger partial charge in [-0.05, 0) is 36.2 Å². The Morgan fingerprint density at radius 2 is 1.77 bits per heavy atom. The lowest BCUT2D eigenvalue weighted by atomic mass is 10.1. The van der Waals surface area contributed by atoms with Crippen LogP contribution >= 0.6 is 0 Å². The van der Waals surface area contributed by atoms with Crippen molar-refractivity contribution < 1.29 is 13.2 Å². The Labute approximate surface area is 174 Å². The second-order valence-electron chi connectivity index (χ2n) is 6.75. The largest absolute Gasteiger partial charge is 0.361 e. The molecule has 0 aliphatic heterocycles. The highest BCUT2D eigenvalue weighted by Gasteiger charge is 2.22. The van der Waals surface area contributed by atoms with E-state index < -0.39 is 15.9 Å². The number of aryl methyl sites for hydroxylation is 1. The van der Waals surface area contributed by atoms with Crippen molar-refractivity contribution in [1.82, 2.24) is 14.7 Å². The van der Waals surface area contributed by atoms with Gasteiger partial charge in [0.1, 0.15) is 4.90 Å². The minimum absolute atomic E-state index is 0.0444. The van der Waals surface area contributed by atoms with Crippen LogP contribution in [0.1, 0.15) is 12.0 Å². The molecule has 152 valence electrons. The number of aromatic nitrogens is 2. The molecule has 7 nitrogen and oxygen atoms in total. The number of pyridine rings is 1. The number of hydrogen-bond acceptors (Lipinski definition) is 5. The van der Waals surface area contributed by atoms with Crippen LogP contribution in [0.3, 0.4) is 0 Å². The van der Waals surface area contributed by atoms with Crippen molar-refractivity contribution in [3.63, 3.8) is 0 Å². The number of rotatable bonds is 7. The molecule has 4 aromatic rings. The van der Waals surface area contributed by atoms with Gasteiger partial charge in [0, 0.05) is 41.6 Å². The molecule has 3 N–H and O–H groups in total. The first-order chi connectivity index (χ1) is 14.5. The summed E-state index contributed by atoms with van der Waals surface area (Å²) in [7, 11) is -4.08. The summed E-state index contributed by atoms with van der Waals surface area (Å²) in [6.45, 7) is 0. The quantitative estimate of drug-likeness (QED) is 0.422. The van der Waals surface area contributed by atoms with E-state index >= 15 is 0 Å². The minimum atomic E-state index is -4.08. The van der Waals surface area contributed by atoms with Crippen molar-refractivity contribution in [3.8, 4) is 0 Å². The molecule has 0 aliphatic rings. The van der Waals surface area contributed by atoms with Crippen LogP contribution in [-0.4, -0.2) is 24.3 Å². The average molecular weight is 420 g/mol. The lowest BCUT2D eigenvalue weighted by molar-refractivity contribution is -0.119. The van der Waals surface area contributed by atoms with Gasteiger partial charge >= 0.3 is 0 Å². The van der Waals surface area contributed by atoms with Gasteiger partial charge in [-0.2, -0.15) is 0 Å². The van der Waals surface area contributed by atoms with Gasteiger partial charge in [-0.15, -0.1) is 0 Å². The normalized spacial score (nSPS) is 11.3. The number of hydrogen-bond donors (Lipinski definition) is 3. The van der Waals surface area contributed by atoms with Crippen molar-refractivity contribution in [2.75, 3.05) is 5.32 Å². The summed E-state index contributed by atoms with van der Waals surface area (Å²) in [6, 6.07) is 18.5. The molecule has 0 saturated carbocycles. The third-order valence-electron chi connectivity index (χ3n) is 4.67. The maximum atomic E-state index is 12.8. The molecule has 2 heterocycles. The zero-order chi connectivity index (χ0) is 21.0. The molecule has 2 aromatic carbocycles. The van der Waals surface area contributed by atoms with Crippen LogP contribution in [0.4, 0.5) is 11.4 Å². The van der Waals surface area contributed by atoms with E-state index in [1.165, 1.54) is 12.4 Å². The fraction of sp³-hybridized carbons (Fsp3) is 0.0909. The van der Waals surface area contributed by atoms with Gasteiger partial charge < -0.3 is 10.3 Å². The number of amides is 1. The molecule has 1 amide bonds. The maximum Gasteiger partial charge on any atom is 0.267 e. The van der Waals surface area contributed by atoms with E-state index in [-0.39, 0.29) is 11.3 Å². The summed E-state index contributed by atoms with van der Waals surface area (Å²) in [5.74, 6) is -0.574. The monoisotopic (exact) mass is 420 g/mol. The summed E-state index contributed by atoms with van der Waals surface area (Å²) in [5.41, 5.74) is 3.01. The van der Waals surface area contributed by atoms with Gasteiger partial charge in [-0.3, -0.25) is 9.78 Å². The molecular weight excluding hydrogens is 400 g/mol. The number of anilines is 2. The maximum absolute atomic E-state index is 12.8. The second kappa shape index (κ2) is 8.38. The Hall–Kier alpha value is -3.65. The van der Waals surface area contributed by atoms with Gasteiger partial charge in [-0.25, -0.2) is 13.1 Å². The number of H-pyrrole nitrogens is 1. The first-order valence-corrected chi connectivity index (χ1v) is 10.9. The molecule has 4 rings (SSSR count). The van der Waals surface area contributed by atoms with Crippen LogP contribution in [0.25, 0.3) is 10.9 Å². The van der Waals surface area contributed by atoms with Crippen LogP contribution in [0.2, 0.25) is 0 Å². The second-order valence-corrected chi connectivity index (χ2v) is 8.40. The highest BCUT2D eigenvalue weighted by molar-refractivity contribution is 7.90. The highest BCUT2D eigenvalue weighted by atomic mass is 32.2. The highest BCUT2D eigenvalue weighted by Crippen LogP contribution is 2.24. The molecule has 0 fully saturated rings. The number of fused-ring (bicyclic) bond motifs is 1. The van der Waals surface area contributed by atoms with Crippen molar-refractivity contribution in [1.29, 1.82) is 0 Å². The van der Waals surface area contributed by atoms with Crippen LogP contribution in [0.15, 0.2) is 84.1 Å². The number of nitrogens with one attached hydrogen (secondary N) is 3. The standard InChI is InChI=1S/C22H20N4O3S/c27-22(11-10-16-14-24-19-9-5-4-8-18(16)19)26-30(28,29)21-15-23-13-12-20(21)25-17-6-2-1-3-7-17/h1-9,12-15,24H,10-11H2,(H,23,25)(H,26,27). The average Bonchev–Trinajstić information content (AvgIpc) is 3.16. The van der Waals surface area contributed by atoms with E-state index in [1.807, 2.05) is 60.8 Å². The molecule has 8 heteroatoms. The first kappa shape index (κ1) is 19.7. The zero-order valence-electron chi connectivity index (χ0n) is 16.0. The van der Waals surface area contributed by atoms with E-state index in [2.05, 4.69) is 20.0 Å². The van der Waals surface area contributed by atoms with Crippen molar-refractivity contribution in [2.24, 2.45) is 0 Å². The van der Waals surface area contributed by atoms with Crippen molar-refractivity contribution in [2.45, 2.75) is 17.7 Å². The van der Waals surface area contributed by atoms with Crippen molar-refractivity contribution >= 4 is 38.2 Å². The zero-order valence-corrected chi connectivity index (χ0v) is 16.8. The number of para-hydroxylation sites is 2. The van der Waals surface area contributed by atoms with Crippen molar-refractivity contribution in [3.05, 3.63) is 84.8 Å². The summed E-state index contributed by atoms with van der Waals surface area (Å²) in [6.07, 6.45) is 5.02. The molecule has 30 heavy (non-hydrogen) atoms. The summed E-state index contributed by atoms with van der Waals surface area (Å²) >= 11 is 0. The van der Waals surface area contributed by atoms with E-state index in [1.54, 1.807) is 6.07 Å². The molecule has 0 saturated heterocycles. The Morgan fingerprint density at radius 3 is 2.60 bits per heavy atom. The van der Waals surface area contributed by atoms with Gasteiger partial charge in [0.15, 0.2) is 0 Å². The van der Waals surface area contributed by atoms with Gasteiger partial charge in [0.05, 0.1) is 5.69 Å². The fourth-order valence-corrected chi connectivity index (χ4v) is 4.34. The van der Waals surface area contributed by atoms with Crippen LogP contribution in [-0.2, 0) is 21.2 Å². The fourth-order valence-electron chi connectivity index (χ4n) is 3.22. The number of carbonyl (C=O) groups excluding carboxylic acids is 1. The molecule has 2 aromatic heterocycles. The number of sulfonamides is 1. The number of carbonyl (C=O) groups is 1. The SMILES string of the molecule is O=C(CCc1c[nH]c2ccccc12)NS(=O)(=O)c1cnccc1Nc1ccccc1. The number of nitrogens with zero attached hydrogens (tertiary/aromatic N) is 1. The Balaban J connectivity index is 1.47. The Bertz CT molecular complexity index is 1280. The van der Waals surface area contributed by atoms with Crippen LogP contribution in [0.5, 0.6) is 0 Å². The number of benzene rings is 2. The third kappa shape index (κ3) is 4.33. The Kier molecular flexibility index (Phi) is 5.49. The minimum Gasteiger partial charge on any atom is -0.361 e. The van der Waals surface area contributed by atoms with Gasteiger partial charge in [-0.1, -0.05) is 36.4 Å². The number of aromatic amines is 1. The topological polar surface area (TPSA) is 104 Å². The Morgan fingerprint density at radius 1 is 1.00 bits per heavy atom. The molecule has 0 spiro atoms. The molecule has 0 bridgehead atoms. The summed E-state index contributed by atoms with van der Waals surface area (Å²) in [4.78, 5) is 19.4. The molecule has 0 unspecified atom stereocenters. The van der Waals surface area contributed by atoms with Gasteiger partial charge in [0.25, 0.3) is 10.0 Å². The smallest absolute Gasteiger partial charge is 0.267 e.